The van der Waals surface area contributed by atoms with Crippen molar-refractivity contribution in [1.82, 2.24) is 0 Å². The molecule has 1 aromatic carbocycles. The maximum absolute atomic E-state index is 11.1. The summed E-state index contributed by atoms with van der Waals surface area (Å²) < 4.78 is 25.0. The van der Waals surface area contributed by atoms with Gasteiger partial charge in [0.05, 0.1) is 4.90 Å². The Hall–Kier alpha value is -1.49. The van der Waals surface area contributed by atoms with Gasteiger partial charge >= 0.3 is 0 Å². The van der Waals surface area contributed by atoms with Gasteiger partial charge in [0.2, 0.25) is 0 Å². The molecule has 0 aliphatic rings. The van der Waals surface area contributed by atoms with Gasteiger partial charge in [-0.25, -0.2) is 4.79 Å². The van der Waals surface area contributed by atoms with Crippen LogP contribution in [0.2, 0.25) is 0 Å². The second-order valence-electron chi connectivity index (χ2n) is 2.47. The average Bonchev–Trinajstić information content (AvgIpc) is 2.05. The van der Waals surface area contributed by atoms with E-state index >= 15 is 0 Å². The molecule has 5 nitrogen and oxygen atoms in total. The van der Waals surface area contributed by atoms with Gasteiger partial charge in [-0.3, -0.25) is 0 Å². The van der Waals surface area contributed by atoms with E-state index in [1.54, 1.807) is 12.1 Å². The van der Waals surface area contributed by atoms with Crippen LogP contribution < -0.4 is 0 Å². The first-order valence-electron chi connectivity index (χ1n) is 3.47. The predicted molar refractivity (Wildman–Crippen MR) is 50.1 cm³/mol. The molecule has 0 amide bonds. The Morgan fingerprint density at radius 1 is 1.21 bits per heavy atom. The maximum Gasteiger partial charge on any atom is 0.292 e. The molecule has 1 rings (SSSR count). The van der Waals surface area contributed by atoms with Crippen molar-refractivity contribution in [2.45, 2.75) is 11.8 Å². The Balaban J connectivity index is 0.00000169. The van der Waals surface area contributed by atoms with Crippen molar-refractivity contribution in [2.24, 2.45) is 4.40 Å². The molecule has 2 N–H and O–H groups in total. The molecule has 76 valence electrons. The summed E-state index contributed by atoms with van der Waals surface area (Å²) in [7, 11) is -3.83. The summed E-state index contributed by atoms with van der Waals surface area (Å²) in [5.41, 5.74) is 0.939. The van der Waals surface area contributed by atoms with E-state index < -0.39 is 10.0 Å². The van der Waals surface area contributed by atoms with Gasteiger partial charge in [-0.15, -0.1) is 0 Å². The first-order chi connectivity index (χ1) is 6.06. The normalized spacial score (nSPS) is 9.79. The molecule has 0 saturated carbocycles. The second kappa shape index (κ2) is 4.66. The van der Waals surface area contributed by atoms with E-state index in [9.17, 15) is 13.2 Å². The molecular weight excluding hydrogens is 206 g/mol. The molecule has 0 aliphatic carbocycles. The van der Waals surface area contributed by atoms with Gasteiger partial charge < -0.3 is 5.48 Å². The Labute approximate surface area is 81.5 Å². The fourth-order valence-electron chi connectivity index (χ4n) is 0.812. The number of benzene rings is 1. The zero-order valence-corrected chi connectivity index (χ0v) is 8.21. The highest BCUT2D eigenvalue weighted by molar-refractivity contribution is 7.90. The lowest BCUT2D eigenvalue weighted by Crippen LogP contribution is -1.95. The Morgan fingerprint density at radius 2 is 1.71 bits per heavy atom. The van der Waals surface area contributed by atoms with Crippen LogP contribution in [0.15, 0.2) is 33.6 Å². The van der Waals surface area contributed by atoms with Crippen molar-refractivity contribution in [2.75, 3.05) is 0 Å². The Morgan fingerprint density at radius 3 is 2.14 bits per heavy atom. The summed E-state index contributed by atoms with van der Waals surface area (Å²) in [5.74, 6) is 0. The van der Waals surface area contributed by atoms with E-state index in [1.807, 2.05) is 6.92 Å². The monoisotopic (exact) mass is 215 g/mol. The van der Waals surface area contributed by atoms with E-state index in [0.29, 0.717) is 0 Å². The van der Waals surface area contributed by atoms with E-state index in [0.717, 1.165) is 11.6 Å². The molecule has 0 fully saturated rings. The summed E-state index contributed by atoms with van der Waals surface area (Å²) in [4.78, 5) is 9.79. The highest BCUT2D eigenvalue weighted by Crippen LogP contribution is 2.11. The highest BCUT2D eigenvalue weighted by Gasteiger charge is 2.10. The molecule has 0 atom stereocenters. The lowest BCUT2D eigenvalue weighted by molar-refractivity contribution is 0.563. The predicted octanol–water partition coefficient (Wildman–Crippen LogP) is 0.195. The minimum Gasteiger partial charge on any atom is -0.412 e. The first kappa shape index (κ1) is 12.5. The van der Waals surface area contributed by atoms with Gasteiger partial charge in [0, 0.05) is 0 Å². The van der Waals surface area contributed by atoms with Crippen LogP contribution in [0.1, 0.15) is 5.56 Å². The molecule has 0 heterocycles. The van der Waals surface area contributed by atoms with Gasteiger partial charge in [-0.1, -0.05) is 22.1 Å². The van der Waals surface area contributed by atoms with Crippen LogP contribution in [-0.2, 0) is 14.8 Å². The zero-order chi connectivity index (χ0) is 9.90. The number of sulfonamides is 1. The van der Waals surface area contributed by atoms with Crippen molar-refractivity contribution in [3.63, 3.8) is 0 Å². The molecule has 0 saturated heterocycles. The highest BCUT2D eigenvalue weighted by atomic mass is 32.2. The van der Waals surface area contributed by atoms with E-state index in [-0.39, 0.29) is 10.4 Å². The molecule has 1 aromatic rings. The third-order valence-corrected chi connectivity index (χ3v) is 2.66. The topological polar surface area (TPSA) is 95.1 Å². The number of aryl methyl sites for hydroxylation is 1. The second-order valence-corrected chi connectivity index (χ2v) is 4.07. The van der Waals surface area contributed by atoms with Crippen LogP contribution in [0.25, 0.3) is 0 Å². The average molecular weight is 215 g/mol. The molecular formula is C8H9NO4S. The lowest BCUT2D eigenvalue weighted by atomic mass is 10.2. The first-order valence-corrected chi connectivity index (χ1v) is 4.91. The number of hydrogen-bond acceptors (Lipinski definition) is 3. The van der Waals surface area contributed by atoms with Crippen LogP contribution in [0, 0.1) is 6.92 Å². The van der Waals surface area contributed by atoms with Crippen LogP contribution in [0.5, 0.6) is 0 Å². The van der Waals surface area contributed by atoms with Gasteiger partial charge in [0.15, 0.2) is 0 Å². The minimum absolute atomic E-state index is 0. The van der Waals surface area contributed by atoms with Crippen molar-refractivity contribution < 1.29 is 18.7 Å². The Bertz CT molecular complexity index is 443. The van der Waals surface area contributed by atoms with Crippen LogP contribution in [0.4, 0.5) is 0 Å². The van der Waals surface area contributed by atoms with Gasteiger partial charge in [-0.2, -0.15) is 8.42 Å². The third-order valence-electron chi connectivity index (χ3n) is 1.48. The zero-order valence-electron chi connectivity index (χ0n) is 7.39. The van der Waals surface area contributed by atoms with Crippen molar-refractivity contribution in [3.05, 3.63) is 29.8 Å². The molecule has 0 radical (unpaired) electrons. The summed E-state index contributed by atoms with van der Waals surface area (Å²) in [6, 6.07) is 6.05. The lowest BCUT2D eigenvalue weighted by Gasteiger charge is -1.96. The van der Waals surface area contributed by atoms with E-state index in [1.165, 1.54) is 12.1 Å². The molecule has 0 spiro atoms. The quantitative estimate of drug-likeness (QED) is 0.520. The standard InChI is InChI=1S/C8H7NO3S.H2O/c1-7-2-4-8(5-3-7)13(11,12)9-6-10;/h2-5H,1H3;1H2. The maximum atomic E-state index is 11.1. The number of rotatable bonds is 2. The number of isocyanates is 1. The third kappa shape index (κ3) is 2.77. The fraction of sp³-hybridized carbons (Fsp3) is 0.125. The number of hydrogen-bond donors (Lipinski definition) is 0. The van der Waals surface area contributed by atoms with Gasteiger partial charge in [-0.05, 0) is 19.1 Å². The van der Waals surface area contributed by atoms with Crippen molar-refractivity contribution in [3.8, 4) is 0 Å². The molecule has 0 aliphatic heterocycles. The van der Waals surface area contributed by atoms with Crippen molar-refractivity contribution >= 4 is 16.1 Å². The van der Waals surface area contributed by atoms with Gasteiger partial charge in [0.25, 0.3) is 16.1 Å². The minimum atomic E-state index is -3.83. The number of carbonyl (C=O) groups excluding carboxylic acids is 1. The molecule has 0 bridgehead atoms. The largest absolute Gasteiger partial charge is 0.412 e. The SMILES string of the molecule is Cc1ccc(S(=O)(=O)N=C=O)cc1.O. The van der Waals surface area contributed by atoms with Crippen molar-refractivity contribution in [1.29, 1.82) is 0 Å². The van der Waals surface area contributed by atoms with E-state index in [2.05, 4.69) is 4.40 Å². The molecule has 0 aromatic heterocycles. The Kier molecular flexibility index (Phi) is 4.17. The van der Waals surface area contributed by atoms with Gasteiger partial charge in [0.1, 0.15) is 0 Å². The van der Waals surface area contributed by atoms with E-state index in [4.69, 9.17) is 0 Å². The molecule has 0 unspecified atom stereocenters. The smallest absolute Gasteiger partial charge is 0.292 e. The summed E-state index contributed by atoms with van der Waals surface area (Å²) in [6.45, 7) is 1.83. The fourth-order valence-corrected chi connectivity index (χ4v) is 1.50. The van der Waals surface area contributed by atoms with Crippen LogP contribution >= 0.6 is 0 Å². The van der Waals surface area contributed by atoms with Crippen LogP contribution in [0.3, 0.4) is 0 Å². The number of nitrogens with zero attached hydrogens (tertiary/aromatic N) is 1. The summed E-state index contributed by atoms with van der Waals surface area (Å²) in [6.07, 6.45) is 1.01. The summed E-state index contributed by atoms with van der Waals surface area (Å²) >= 11 is 0. The van der Waals surface area contributed by atoms with Crippen LogP contribution in [-0.4, -0.2) is 20.0 Å². The summed E-state index contributed by atoms with van der Waals surface area (Å²) in [5, 5.41) is 0. The molecule has 6 heteroatoms. The molecule has 14 heavy (non-hydrogen) atoms.